The molecule has 0 aliphatic heterocycles. The van der Waals surface area contributed by atoms with Gasteiger partial charge in [-0.3, -0.25) is 0 Å². The average molecular weight is 284 g/mol. The van der Waals surface area contributed by atoms with E-state index in [0.29, 0.717) is 12.8 Å². The summed E-state index contributed by atoms with van der Waals surface area (Å²) in [6, 6.07) is 0. The minimum absolute atomic E-state index is 0.500. The molecule has 0 aliphatic rings. The van der Waals surface area contributed by atoms with E-state index in [9.17, 15) is 10.2 Å². The number of allylic oxidation sites excluding steroid dienone is 2. The van der Waals surface area contributed by atoms with Crippen molar-refractivity contribution in [1.82, 2.24) is 0 Å². The predicted molar refractivity (Wildman–Crippen MR) is 87.7 cm³/mol. The van der Waals surface area contributed by atoms with Crippen molar-refractivity contribution in [1.29, 1.82) is 0 Å². The predicted octanol–water partition coefficient (Wildman–Crippen LogP) is 5.33. The van der Waals surface area contributed by atoms with Crippen LogP contribution in [0.1, 0.15) is 97.3 Å². The molecular weight excluding hydrogens is 248 g/mol. The molecule has 0 spiro atoms. The Morgan fingerprint density at radius 2 is 1.25 bits per heavy atom. The van der Waals surface area contributed by atoms with E-state index in [-0.39, 0.29) is 0 Å². The van der Waals surface area contributed by atoms with Gasteiger partial charge >= 0.3 is 0 Å². The lowest BCUT2D eigenvalue weighted by atomic mass is 10.0. The van der Waals surface area contributed by atoms with Crippen LogP contribution in [-0.4, -0.2) is 16.0 Å². The van der Waals surface area contributed by atoms with Gasteiger partial charge in [-0.2, -0.15) is 0 Å². The zero-order valence-electron chi connectivity index (χ0n) is 13.7. The molecular formula is C18H36O2. The molecule has 0 radical (unpaired) electrons. The first-order chi connectivity index (χ1) is 9.62. The first-order valence-corrected chi connectivity index (χ1v) is 8.68. The van der Waals surface area contributed by atoms with Gasteiger partial charge < -0.3 is 10.2 Å². The molecule has 2 N–H and O–H groups in total. The Kier molecular flexibility index (Phi) is 13.4. The molecule has 0 aromatic carbocycles. The lowest BCUT2D eigenvalue weighted by Gasteiger charge is -2.20. The summed E-state index contributed by atoms with van der Waals surface area (Å²) >= 11 is 0. The van der Waals surface area contributed by atoms with Crippen LogP contribution in [0.3, 0.4) is 0 Å². The second-order valence-electron chi connectivity index (χ2n) is 6.02. The Hall–Kier alpha value is -0.340. The van der Waals surface area contributed by atoms with Crippen LogP contribution in [0.25, 0.3) is 0 Å². The molecule has 0 rings (SSSR count). The van der Waals surface area contributed by atoms with E-state index in [1.54, 1.807) is 0 Å². The quantitative estimate of drug-likeness (QED) is 0.257. The fourth-order valence-corrected chi connectivity index (χ4v) is 2.60. The maximum absolute atomic E-state index is 9.63. The highest BCUT2D eigenvalue weighted by Gasteiger charge is 2.20. The first kappa shape index (κ1) is 19.7. The number of unbranched alkanes of at least 4 members (excludes halogenated alkanes) is 9. The summed E-state index contributed by atoms with van der Waals surface area (Å²) < 4.78 is 0. The molecule has 0 atom stereocenters. The topological polar surface area (TPSA) is 40.5 Å². The minimum atomic E-state index is -1.41. The van der Waals surface area contributed by atoms with Gasteiger partial charge in [0.15, 0.2) is 5.79 Å². The molecule has 20 heavy (non-hydrogen) atoms. The van der Waals surface area contributed by atoms with E-state index in [2.05, 4.69) is 19.1 Å². The normalized spacial score (nSPS) is 12.4. The Labute approximate surface area is 126 Å². The van der Waals surface area contributed by atoms with Crippen LogP contribution in [-0.2, 0) is 0 Å². The van der Waals surface area contributed by atoms with Crippen LogP contribution >= 0.6 is 0 Å². The third-order valence-corrected chi connectivity index (χ3v) is 3.83. The van der Waals surface area contributed by atoms with Crippen molar-refractivity contribution < 1.29 is 10.2 Å². The van der Waals surface area contributed by atoms with E-state index in [1.807, 2.05) is 6.92 Å². The van der Waals surface area contributed by atoms with Gasteiger partial charge in [-0.1, -0.05) is 70.4 Å². The maximum Gasteiger partial charge on any atom is 0.162 e. The van der Waals surface area contributed by atoms with Crippen LogP contribution < -0.4 is 0 Å². The maximum atomic E-state index is 9.63. The van der Waals surface area contributed by atoms with Crippen molar-refractivity contribution in [2.75, 3.05) is 0 Å². The largest absolute Gasteiger partial charge is 0.366 e. The van der Waals surface area contributed by atoms with Gasteiger partial charge in [-0.15, -0.1) is 0 Å². The van der Waals surface area contributed by atoms with Crippen molar-refractivity contribution in [2.24, 2.45) is 0 Å². The Morgan fingerprint density at radius 1 is 0.750 bits per heavy atom. The zero-order valence-corrected chi connectivity index (χ0v) is 13.7. The van der Waals surface area contributed by atoms with E-state index in [0.717, 1.165) is 19.3 Å². The van der Waals surface area contributed by atoms with Crippen molar-refractivity contribution >= 4 is 0 Å². The lowest BCUT2D eigenvalue weighted by Crippen LogP contribution is -2.27. The highest BCUT2D eigenvalue weighted by Crippen LogP contribution is 2.18. The molecule has 0 aromatic heterocycles. The number of aliphatic hydroxyl groups is 2. The van der Waals surface area contributed by atoms with Gasteiger partial charge in [-0.25, -0.2) is 0 Å². The molecule has 2 nitrogen and oxygen atoms in total. The SMILES string of the molecule is C/C=C/CCCCCCCCCCCC(O)(O)CCC. The summed E-state index contributed by atoms with van der Waals surface area (Å²) in [6.45, 7) is 4.07. The van der Waals surface area contributed by atoms with E-state index in [4.69, 9.17) is 0 Å². The number of hydrogen-bond acceptors (Lipinski definition) is 2. The summed E-state index contributed by atoms with van der Waals surface area (Å²) in [5.41, 5.74) is 0. The summed E-state index contributed by atoms with van der Waals surface area (Å²) in [6.07, 6.45) is 18.8. The number of rotatable bonds is 14. The van der Waals surface area contributed by atoms with Gasteiger partial charge in [0.25, 0.3) is 0 Å². The van der Waals surface area contributed by atoms with Crippen LogP contribution in [0.2, 0.25) is 0 Å². The Morgan fingerprint density at radius 3 is 1.75 bits per heavy atom. The van der Waals surface area contributed by atoms with Crippen molar-refractivity contribution in [3.63, 3.8) is 0 Å². The molecule has 0 saturated carbocycles. The van der Waals surface area contributed by atoms with Crippen LogP contribution in [0.4, 0.5) is 0 Å². The molecule has 2 heteroatoms. The standard InChI is InChI=1S/C18H36O2/c1-3-5-6-7-8-9-10-11-12-13-14-15-17-18(19,20)16-4-2/h3,5,19-20H,4,6-17H2,1-2H3/b5-3+. The molecule has 0 amide bonds. The first-order valence-electron chi connectivity index (χ1n) is 8.68. The fourth-order valence-electron chi connectivity index (χ4n) is 2.60. The van der Waals surface area contributed by atoms with Gasteiger partial charge in [0.05, 0.1) is 0 Å². The molecule has 0 fully saturated rings. The summed E-state index contributed by atoms with van der Waals surface area (Å²) in [4.78, 5) is 0. The highest BCUT2D eigenvalue weighted by molar-refractivity contribution is 4.76. The summed E-state index contributed by atoms with van der Waals surface area (Å²) in [5.74, 6) is -1.41. The third kappa shape index (κ3) is 14.1. The van der Waals surface area contributed by atoms with Gasteiger partial charge in [0.1, 0.15) is 0 Å². The Bertz CT molecular complexity index is 221. The Balaban J connectivity index is 3.17. The van der Waals surface area contributed by atoms with Crippen LogP contribution in [0.5, 0.6) is 0 Å². The molecule has 0 saturated heterocycles. The van der Waals surface area contributed by atoms with Crippen molar-refractivity contribution in [3.8, 4) is 0 Å². The fraction of sp³-hybridized carbons (Fsp3) is 0.889. The molecule has 120 valence electrons. The minimum Gasteiger partial charge on any atom is -0.366 e. The zero-order chi connectivity index (χ0) is 15.1. The second kappa shape index (κ2) is 13.6. The van der Waals surface area contributed by atoms with Crippen molar-refractivity contribution in [2.45, 2.75) is 103 Å². The lowest BCUT2D eigenvalue weighted by molar-refractivity contribution is -0.171. The molecule has 0 bridgehead atoms. The molecule has 0 aliphatic carbocycles. The average Bonchev–Trinajstić information content (AvgIpc) is 2.40. The van der Waals surface area contributed by atoms with E-state index >= 15 is 0 Å². The summed E-state index contributed by atoms with van der Waals surface area (Å²) in [7, 11) is 0. The molecule has 0 unspecified atom stereocenters. The van der Waals surface area contributed by atoms with E-state index < -0.39 is 5.79 Å². The number of hydrogen-bond donors (Lipinski definition) is 2. The monoisotopic (exact) mass is 284 g/mol. The van der Waals surface area contributed by atoms with Crippen molar-refractivity contribution in [3.05, 3.63) is 12.2 Å². The molecule has 0 heterocycles. The van der Waals surface area contributed by atoms with Gasteiger partial charge in [0, 0.05) is 12.8 Å². The van der Waals surface area contributed by atoms with Gasteiger partial charge in [0.2, 0.25) is 0 Å². The molecule has 0 aromatic rings. The smallest absolute Gasteiger partial charge is 0.162 e. The second-order valence-corrected chi connectivity index (χ2v) is 6.02. The third-order valence-electron chi connectivity index (χ3n) is 3.83. The van der Waals surface area contributed by atoms with E-state index in [1.165, 1.54) is 51.4 Å². The van der Waals surface area contributed by atoms with Crippen LogP contribution in [0.15, 0.2) is 12.2 Å². The summed E-state index contributed by atoms with van der Waals surface area (Å²) in [5, 5.41) is 19.3. The highest BCUT2D eigenvalue weighted by atomic mass is 16.5. The van der Waals surface area contributed by atoms with Gasteiger partial charge in [-0.05, 0) is 26.2 Å². The van der Waals surface area contributed by atoms with Crippen LogP contribution in [0, 0.1) is 0 Å².